The number of aliphatic carboxylic acids is 1. The van der Waals surface area contributed by atoms with Gasteiger partial charge in [0, 0.05) is 19.3 Å². The van der Waals surface area contributed by atoms with Gasteiger partial charge in [-0.05, 0) is 51.4 Å². The molecule has 48 heavy (non-hydrogen) atoms. The van der Waals surface area contributed by atoms with Crippen molar-refractivity contribution < 1.29 is 38.2 Å². The molecule has 8 heteroatoms. The molecule has 2 unspecified atom stereocenters. The molecule has 0 fully saturated rings. The Morgan fingerprint density at radius 3 is 1.67 bits per heavy atom. The summed E-state index contributed by atoms with van der Waals surface area (Å²) in [7, 11) is 5.38. The lowest BCUT2D eigenvalue weighted by Gasteiger charge is -2.34. The van der Waals surface area contributed by atoms with Crippen molar-refractivity contribution in [1.29, 1.82) is 0 Å². The molecule has 0 N–H and O–H groups in total. The Bertz CT molecular complexity index is 891. The van der Waals surface area contributed by atoms with Crippen LogP contribution in [0.3, 0.4) is 0 Å². The fourth-order valence-electron chi connectivity index (χ4n) is 5.25. The second-order valence-electron chi connectivity index (χ2n) is 13.8. The van der Waals surface area contributed by atoms with Gasteiger partial charge in [-0.3, -0.25) is 9.59 Å². The summed E-state index contributed by atoms with van der Waals surface area (Å²) < 4.78 is 17.0. The maximum atomic E-state index is 12.6. The smallest absolute Gasteiger partial charge is 0.306 e. The number of unbranched alkanes of at least 4 members (excludes halogenated alkanes) is 13. The number of allylic oxidation sites excluding steroid dienone is 6. The van der Waals surface area contributed by atoms with Gasteiger partial charge in [0.15, 0.2) is 6.10 Å². The Morgan fingerprint density at radius 2 is 1.10 bits per heavy atom. The molecule has 0 aliphatic carbocycles. The van der Waals surface area contributed by atoms with Gasteiger partial charge in [-0.2, -0.15) is 0 Å². The summed E-state index contributed by atoms with van der Waals surface area (Å²) in [6, 6.07) is -0.724. The van der Waals surface area contributed by atoms with Gasteiger partial charge in [-0.1, -0.05) is 115 Å². The van der Waals surface area contributed by atoms with Crippen molar-refractivity contribution >= 4 is 17.9 Å². The first kappa shape index (κ1) is 45.6. The average Bonchev–Trinajstić information content (AvgIpc) is 3.03. The van der Waals surface area contributed by atoms with Crippen molar-refractivity contribution in [3.8, 4) is 0 Å². The molecule has 0 aliphatic rings. The Morgan fingerprint density at radius 1 is 0.625 bits per heavy atom. The van der Waals surface area contributed by atoms with Crippen LogP contribution in [-0.2, 0) is 28.6 Å². The van der Waals surface area contributed by atoms with Gasteiger partial charge in [-0.15, -0.1) is 0 Å². The van der Waals surface area contributed by atoms with Crippen LogP contribution in [0.1, 0.15) is 149 Å². The van der Waals surface area contributed by atoms with Crippen molar-refractivity contribution in [3.05, 3.63) is 36.5 Å². The number of hydrogen-bond donors (Lipinski definition) is 0. The van der Waals surface area contributed by atoms with Gasteiger partial charge in [0.1, 0.15) is 12.6 Å². The highest BCUT2D eigenvalue weighted by Crippen LogP contribution is 2.12. The van der Waals surface area contributed by atoms with Gasteiger partial charge < -0.3 is 28.6 Å². The van der Waals surface area contributed by atoms with Crippen molar-refractivity contribution in [3.63, 3.8) is 0 Å². The van der Waals surface area contributed by atoms with Crippen LogP contribution in [0, 0.1) is 0 Å². The molecule has 0 rings (SSSR count). The maximum Gasteiger partial charge on any atom is 0.306 e. The van der Waals surface area contributed by atoms with Crippen molar-refractivity contribution in [2.45, 2.75) is 161 Å². The first-order valence-corrected chi connectivity index (χ1v) is 19.0. The number of carboxylic acid groups (broad SMARTS) is 1. The van der Waals surface area contributed by atoms with E-state index in [2.05, 4.69) is 50.3 Å². The summed E-state index contributed by atoms with van der Waals surface area (Å²) >= 11 is 0. The zero-order chi connectivity index (χ0) is 35.7. The van der Waals surface area contributed by atoms with E-state index < -0.39 is 18.1 Å². The van der Waals surface area contributed by atoms with Gasteiger partial charge in [0.2, 0.25) is 0 Å². The summed E-state index contributed by atoms with van der Waals surface area (Å²) in [6.07, 6.45) is 33.4. The number of ether oxygens (including phenoxy) is 3. The van der Waals surface area contributed by atoms with Crippen LogP contribution < -0.4 is 5.11 Å². The Hall–Kier alpha value is -2.45. The molecular weight excluding hydrogens is 606 g/mol. The van der Waals surface area contributed by atoms with E-state index in [1.54, 1.807) is 21.1 Å². The average molecular weight is 678 g/mol. The van der Waals surface area contributed by atoms with Crippen LogP contribution in [0.25, 0.3) is 0 Å². The van der Waals surface area contributed by atoms with Gasteiger partial charge in [0.25, 0.3) is 0 Å². The van der Waals surface area contributed by atoms with Gasteiger partial charge >= 0.3 is 11.9 Å². The van der Waals surface area contributed by atoms with Crippen LogP contribution in [0.4, 0.5) is 0 Å². The van der Waals surface area contributed by atoms with Crippen molar-refractivity contribution in [2.75, 3.05) is 41.0 Å². The number of rotatable bonds is 33. The molecule has 0 spiro atoms. The molecule has 0 saturated carbocycles. The molecule has 0 bridgehead atoms. The van der Waals surface area contributed by atoms with Crippen molar-refractivity contribution in [1.82, 2.24) is 0 Å². The fraction of sp³-hybridized carbons (Fsp3) is 0.775. The first-order valence-electron chi connectivity index (χ1n) is 19.0. The second-order valence-corrected chi connectivity index (χ2v) is 13.8. The van der Waals surface area contributed by atoms with Crippen LogP contribution in [0.2, 0.25) is 0 Å². The molecule has 0 radical (unpaired) electrons. The Labute approximate surface area is 293 Å². The van der Waals surface area contributed by atoms with E-state index in [4.69, 9.17) is 14.2 Å². The molecule has 278 valence electrons. The van der Waals surface area contributed by atoms with E-state index in [-0.39, 0.29) is 42.7 Å². The lowest BCUT2D eigenvalue weighted by atomic mass is 10.1. The molecule has 0 aliphatic heterocycles. The first-order chi connectivity index (χ1) is 23.1. The third kappa shape index (κ3) is 29.7. The van der Waals surface area contributed by atoms with Gasteiger partial charge in [-0.25, -0.2) is 0 Å². The van der Waals surface area contributed by atoms with E-state index in [0.717, 1.165) is 77.0 Å². The van der Waals surface area contributed by atoms with E-state index in [0.29, 0.717) is 12.8 Å². The quantitative estimate of drug-likeness (QED) is 0.0299. The van der Waals surface area contributed by atoms with E-state index >= 15 is 0 Å². The molecule has 0 amide bonds. The summed E-state index contributed by atoms with van der Waals surface area (Å²) in [5.74, 6) is -1.77. The highest BCUT2D eigenvalue weighted by atomic mass is 16.6. The minimum atomic E-state index is -1.13. The zero-order valence-corrected chi connectivity index (χ0v) is 31.4. The predicted octanol–water partition coefficient (Wildman–Crippen LogP) is 8.18. The third-order valence-corrected chi connectivity index (χ3v) is 8.28. The molecule has 2 atom stereocenters. The molecule has 8 nitrogen and oxygen atoms in total. The largest absolute Gasteiger partial charge is 0.544 e. The summed E-state index contributed by atoms with van der Waals surface area (Å²) in [5, 5.41) is 11.5. The minimum absolute atomic E-state index is 0.0354. The molecule has 0 saturated heterocycles. The normalized spacial score (nSPS) is 13.4. The van der Waals surface area contributed by atoms with E-state index in [1.165, 1.54) is 38.5 Å². The minimum Gasteiger partial charge on any atom is -0.544 e. The number of esters is 2. The number of quaternary nitrogens is 1. The number of nitrogens with zero attached hydrogens (tertiary/aromatic N) is 1. The molecular formula is C40H71NO7. The Kier molecular flexibility index (Phi) is 30.2. The number of carbonyl (C=O) groups is 3. The standard InChI is InChI=1S/C40H71NO7/c1-6-8-10-12-13-14-15-16-17-18-19-20-21-22-23-24-25-27-29-31-39(43)48-36(35-47-38(42)30-28-26-11-9-7-2)34-46-33-32-37(40(44)45)41(3,4)5/h13-14,16-17,19-20,36-37H,6-12,15,18,21-35H2,1-5H3/b14-13-,17-16-,20-19-. The maximum absolute atomic E-state index is 12.6. The van der Waals surface area contributed by atoms with E-state index in [9.17, 15) is 19.5 Å². The third-order valence-electron chi connectivity index (χ3n) is 8.28. The summed E-state index contributed by atoms with van der Waals surface area (Å²) in [6.45, 7) is 4.51. The number of hydrogen-bond acceptors (Lipinski definition) is 7. The molecule has 0 aromatic heterocycles. The van der Waals surface area contributed by atoms with Crippen LogP contribution in [-0.4, -0.2) is 75.5 Å². The molecule has 0 aromatic rings. The monoisotopic (exact) mass is 678 g/mol. The SMILES string of the molecule is CCCCC/C=C\C/C=C\C/C=C\CCCCCCCCC(=O)OC(COCCC(C(=O)[O-])[N+](C)(C)C)COC(=O)CCCCCCC. The summed E-state index contributed by atoms with van der Waals surface area (Å²) in [4.78, 5) is 36.4. The number of carbonyl (C=O) groups excluding carboxylic acids is 3. The highest BCUT2D eigenvalue weighted by Gasteiger charge is 2.25. The fourth-order valence-corrected chi connectivity index (χ4v) is 5.25. The van der Waals surface area contributed by atoms with Crippen molar-refractivity contribution in [2.24, 2.45) is 0 Å². The number of likely N-dealkylation sites (N-methyl/N-ethyl adjacent to an activating group) is 1. The van der Waals surface area contributed by atoms with Gasteiger partial charge in [0.05, 0.1) is 40.3 Å². The second kappa shape index (κ2) is 31.8. The Balaban J connectivity index is 4.29. The summed E-state index contributed by atoms with van der Waals surface area (Å²) in [5.41, 5.74) is 0. The van der Waals surface area contributed by atoms with Crippen LogP contribution >= 0.6 is 0 Å². The molecule has 0 heterocycles. The zero-order valence-electron chi connectivity index (χ0n) is 31.4. The van der Waals surface area contributed by atoms with Crippen LogP contribution in [0.15, 0.2) is 36.5 Å². The predicted molar refractivity (Wildman–Crippen MR) is 194 cm³/mol. The topological polar surface area (TPSA) is 102 Å². The highest BCUT2D eigenvalue weighted by molar-refractivity contribution is 5.70. The number of carboxylic acids is 1. The van der Waals surface area contributed by atoms with E-state index in [1.807, 2.05) is 0 Å². The molecule has 0 aromatic carbocycles. The lowest BCUT2D eigenvalue weighted by molar-refractivity contribution is -0.889. The van der Waals surface area contributed by atoms with Crippen LogP contribution in [0.5, 0.6) is 0 Å². The lowest BCUT2D eigenvalue weighted by Crippen LogP contribution is -2.55.